The Morgan fingerprint density at radius 1 is 0.702 bits per heavy atom. The molecule has 0 radical (unpaired) electrons. The van der Waals surface area contributed by atoms with Crippen LogP contribution in [0.3, 0.4) is 0 Å². The van der Waals surface area contributed by atoms with Crippen molar-refractivity contribution in [3.05, 3.63) is 158 Å². The molecule has 0 fully saturated rings. The summed E-state index contributed by atoms with van der Waals surface area (Å²) in [5.41, 5.74) is 6.79. The van der Waals surface area contributed by atoms with Crippen LogP contribution in [0.4, 0.5) is 4.39 Å². The molecule has 5 heteroatoms. The maximum atomic E-state index is 14.3. The number of hydrogen-bond acceptors (Lipinski definition) is 2. The van der Waals surface area contributed by atoms with Crippen LogP contribution < -0.4 is 5.19 Å². The number of furan rings is 1. The minimum Gasteiger partial charge on any atom is -0.476 e. The molecule has 2 nitrogen and oxygen atoms in total. The Bertz CT molecular complexity index is 2290. The molecule has 2 aromatic heterocycles. The zero-order chi connectivity index (χ0) is 31.7. The number of nitrogens with zero attached hydrogens (tertiary/aromatic N) is 1. The Kier molecular flexibility index (Phi) is 9.33. The number of fused-ring (bicyclic) bond motifs is 4. The first-order valence-corrected chi connectivity index (χ1v) is 18.8. The van der Waals surface area contributed by atoms with E-state index in [4.69, 9.17) is 4.42 Å². The summed E-state index contributed by atoms with van der Waals surface area (Å²) in [6, 6.07) is 51.4. The van der Waals surface area contributed by atoms with Crippen molar-refractivity contribution in [3.8, 4) is 33.5 Å². The average Bonchev–Trinajstić information content (AvgIpc) is 3.46. The minimum absolute atomic E-state index is 0. The summed E-state index contributed by atoms with van der Waals surface area (Å²) in [7, 11) is -1.20. The van der Waals surface area contributed by atoms with Crippen molar-refractivity contribution < 1.29 is 28.9 Å². The van der Waals surface area contributed by atoms with Crippen LogP contribution in [-0.2, 0) is 20.1 Å². The van der Waals surface area contributed by atoms with E-state index in [1.807, 2.05) is 91.1 Å². The molecule has 0 aliphatic carbocycles. The van der Waals surface area contributed by atoms with Gasteiger partial charge < -0.3 is 9.40 Å². The van der Waals surface area contributed by atoms with Crippen molar-refractivity contribution in [2.45, 2.75) is 19.6 Å². The van der Waals surface area contributed by atoms with Crippen LogP contribution in [0.5, 0.6) is 0 Å². The Labute approximate surface area is 289 Å². The van der Waals surface area contributed by atoms with Gasteiger partial charge in [-0.2, -0.15) is 48.5 Å². The Hall–Kier alpha value is -4.67. The molecule has 47 heavy (non-hydrogen) atoms. The van der Waals surface area contributed by atoms with Crippen LogP contribution in [0.25, 0.3) is 66.2 Å². The van der Waals surface area contributed by atoms with Gasteiger partial charge in [-0.25, -0.2) is 15.5 Å². The summed E-state index contributed by atoms with van der Waals surface area (Å²) in [5, 5.41) is 5.47. The van der Waals surface area contributed by atoms with E-state index in [-0.39, 0.29) is 25.9 Å². The molecule has 0 saturated carbocycles. The first-order chi connectivity index (χ1) is 22.3. The van der Waals surface area contributed by atoms with Gasteiger partial charge in [0.2, 0.25) is 0 Å². The number of rotatable bonds is 4. The molecule has 8 aromatic rings. The summed E-state index contributed by atoms with van der Waals surface area (Å²) in [6.07, 6.45) is 1.87. The fraction of sp³-hybridized carbons (Fsp3) is 0.0714. The van der Waals surface area contributed by atoms with E-state index in [9.17, 15) is 4.39 Å². The van der Waals surface area contributed by atoms with Gasteiger partial charge in [0.15, 0.2) is 0 Å². The molecule has 0 aliphatic rings. The van der Waals surface area contributed by atoms with Crippen molar-refractivity contribution in [1.29, 1.82) is 0 Å². The predicted molar refractivity (Wildman–Crippen MR) is 191 cm³/mol. The largest absolute Gasteiger partial charge is 3.00 e. The maximum absolute atomic E-state index is 14.3. The van der Waals surface area contributed by atoms with Gasteiger partial charge in [0.05, 0.1) is 5.58 Å². The summed E-state index contributed by atoms with van der Waals surface area (Å²) in [6.45, 7) is 7.06. The van der Waals surface area contributed by atoms with Crippen LogP contribution in [0, 0.1) is 24.0 Å². The Balaban J connectivity index is 0.000000194. The van der Waals surface area contributed by atoms with Gasteiger partial charge in [0.1, 0.15) is 11.4 Å². The first-order valence-electron chi connectivity index (χ1n) is 15.3. The second-order valence-electron chi connectivity index (χ2n) is 12.3. The fourth-order valence-electron chi connectivity index (χ4n) is 5.65. The van der Waals surface area contributed by atoms with Crippen LogP contribution in [-0.4, -0.2) is 13.1 Å². The zero-order valence-electron chi connectivity index (χ0n) is 26.3. The Morgan fingerprint density at radius 2 is 1.43 bits per heavy atom. The third-order valence-electron chi connectivity index (χ3n) is 8.13. The monoisotopic (exact) mass is 805 g/mol. The molecule has 0 spiro atoms. The Morgan fingerprint density at radius 3 is 2.15 bits per heavy atom. The molecule has 0 N–H and O–H groups in total. The summed E-state index contributed by atoms with van der Waals surface area (Å²) in [5.74, 6) is -0.322. The van der Waals surface area contributed by atoms with Crippen LogP contribution in [0.2, 0.25) is 19.6 Å². The molecule has 0 atom stereocenters. The van der Waals surface area contributed by atoms with Crippen molar-refractivity contribution in [2.24, 2.45) is 0 Å². The minimum atomic E-state index is -1.20. The number of pyridine rings is 1. The molecular formula is C42H31FIrNOSi. The predicted octanol–water partition coefficient (Wildman–Crippen LogP) is 10.9. The van der Waals surface area contributed by atoms with E-state index in [1.165, 1.54) is 11.3 Å². The molecule has 0 saturated heterocycles. The number of aromatic nitrogens is 1. The SMILES string of the molecule is C[Si](C)(C)c1c[c-]c(-c2[c-]cccc2)cc1.Fc1cc(-c2ccccc2)c2c(c1)oc1[c-]c(-c3cc4ccccc4cn3)ccc12.[Ir+3]. The maximum Gasteiger partial charge on any atom is 3.00 e. The normalized spacial score (nSPS) is 11.2. The number of benzene rings is 6. The van der Waals surface area contributed by atoms with Crippen molar-refractivity contribution in [2.75, 3.05) is 0 Å². The van der Waals surface area contributed by atoms with E-state index in [0.717, 1.165) is 55.1 Å². The molecule has 0 amide bonds. The third kappa shape index (κ3) is 6.89. The summed E-state index contributed by atoms with van der Waals surface area (Å²) >= 11 is 0. The molecule has 0 aliphatic heterocycles. The zero-order valence-corrected chi connectivity index (χ0v) is 29.7. The molecule has 8 rings (SSSR count). The van der Waals surface area contributed by atoms with E-state index < -0.39 is 8.07 Å². The molecule has 0 bridgehead atoms. The first kappa shape index (κ1) is 32.3. The second-order valence-corrected chi connectivity index (χ2v) is 17.4. The van der Waals surface area contributed by atoms with Crippen molar-refractivity contribution >= 4 is 46.0 Å². The topological polar surface area (TPSA) is 26.0 Å². The third-order valence-corrected chi connectivity index (χ3v) is 10.2. The summed E-state index contributed by atoms with van der Waals surface area (Å²) in [4.78, 5) is 4.58. The van der Waals surface area contributed by atoms with Crippen LogP contribution in [0.15, 0.2) is 138 Å². The summed E-state index contributed by atoms with van der Waals surface area (Å²) < 4.78 is 20.3. The molecule has 0 unspecified atom stereocenters. The second kappa shape index (κ2) is 13.6. The van der Waals surface area contributed by atoms with E-state index in [0.29, 0.717) is 11.2 Å². The van der Waals surface area contributed by atoms with Gasteiger partial charge in [0, 0.05) is 20.3 Å². The van der Waals surface area contributed by atoms with Gasteiger partial charge in [-0.1, -0.05) is 91.8 Å². The van der Waals surface area contributed by atoms with Crippen molar-refractivity contribution in [1.82, 2.24) is 4.98 Å². The smallest absolute Gasteiger partial charge is 0.476 e. The quantitative estimate of drug-likeness (QED) is 0.131. The van der Waals surface area contributed by atoms with Crippen LogP contribution >= 0.6 is 0 Å². The fourth-order valence-corrected chi connectivity index (χ4v) is 6.74. The average molecular weight is 805 g/mol. The standard InChI is InChI=1S/C27H15FNO.C15H16Si.Ir/c28-21-14-23(17-6-2-1-3-7-17)27-22-11-10-19(13-25(22)30-26(27)15-21)24-12-18-8-4-5-9-20(18)16-29-24;1-16(2,3)15-11-9-14(10-12-15)13-7-5-4-6-8-13;/h1-12,14-16H;4-7,9,11-12H,1-3H3;/q-1;-2;+3. The van der Waals surface area contributed by atoms with Crippen LogP contribution in [0.1, 0.15) is 0 Å². The number of halogens is 1. The molecular weight excluding hydrogens is 774 g/mol. The van der Waals surface area contributed by atoms with E-state index >= 15 is 0 Å². The number of hydrogen-bond donors (Lipinski definition) is 0. The van der Waals surface area contributed by atoms with Crippen molar-refractivity contribution in [3.63, 3.8) is 0 Å². The molecule has 6 aromatic carbocycles. The van der Waals surface area contributed by atoms with Gasteiger partial charge in [-0.15, -0.1) is 28.9 Å². The van der Waals surface area contributed by atoms with Gasteiger partial charge in [-0.3, -0.25) is 0 Å². The van der Waals surface area contributed by atoms with Gasteiger partial charge >= 0.3 is 20.1 Å². The van der Waals surface area contributed by atoms with Gasteiger partial charge in [-0.05, 0) is 39.0 Å². The molecule has 230 valence electrons. The van der Waals surface area contributed by atoms with E-state index in [2.05, 4.69) is 73.2 Å². The van der Waals surface area contributed by atoms with E-state index in [1.54, 1.807) is 6.07 Å². The van der Waals surface area contributed by atoms with Gasteiger partial charge in [0.25, 0.3) is 0 Å². The molecule has 2 heterocycles.